The monoisotopic (exact) mass is 337 g/mol. The summed E-state index contributed by atoms with van der Waals surface area (Å²) in [6.45, 7) is 6.45. The number of fused-ring (bicyclic) bond motifs is 1. The van der Waals surface area contributed by atoms with Gasteiger partial charge in [-0.05, 0) is 37.6 Å². The van der Waals surface area contributed by atoms with Crippen LogP contribution in [0.1, 0.15) is 32.1 Å². The number of hydrogen-bond acceptors (Lipinski definition) is 5. The van der Waals surface area contributed by atoms with Crippen molar-refractivity contribution in [1.29, 1.82) is 0 Å². The first-order valence-corrected chi connectivity index (χ1v) is 9.47. The molecular weight excluding hydrogens is 313 g/mol. The standard InChI is InChI=1S/C17H24NO4P/c1-4-20-15-12-11-13-9-7-8-10-14(13)16(15)17(18)23(19,21-5-2)22-6-3/h7-12,17H,4-6,18H2,1-3H3/t17-/m0/s1. The molecule has 0 bridgehead atoms. The second-order valence-corrected chi connectivity index (χ2v) is 7.10. The fraction of sp³-hybridized carbons (Fsp3) is 0.412. The number of ether oxygens (including phenoxy) is 1. The molecule has 0 unspecified atom stereocenters. The van der Waals surface area contributed by atoms with E-state index in [1.807, 2.05) is 43.3 Å². The average molecular weight is 337 g/mol. The molecule has 6 heteroatoms. The Balaban J connectivity index is 2.62. The number of benzene rings is 2. The average Bonchev–Trinajstić information content (AvgIpc) is 2.55. The normalized spacial score (nSPS) is 13.2. The van der Waals surface area contributed by atoms with Gasteiger partial charge in [0.15, 0.2) is 0 Å². The van der Waals surface area contributed by atoms with Gasteiger partial charge in [-0.15, -0.1) is 0 Å². The molecule has 2 N–H and O–H groups in total. The minimum atomic E-state index is -3.49. The lowest BCUT2D eigenvalue weighted by Crippen LogP contribution is -2.16. The van der Waals surface area contributed by atoms with Crippen molar-refractivity contribution in [3.63, 3.8) is 0 Å². The van der Waals surface area contributed by atoms with E-state index in [1.54, 1.807) is 13.8 Å². The Morgan fingerprint density at radius 1 is 1.00 bits per heavy atom. The lowest BCUT2D eigenvalue weighted by Gasteiger charge is -2.26. The van der Waals surface area contributed by atoms with Gasteiger partial charge >= 0.3 is 7.60 Å². The summed E-state index contributed by atoms with van der Waals surface area (Å²) in [6, 6.07) is 11.6. The third-order valence-electron chi connectivity index (χ3n) is 3.49. The summed E-state index contributed by atoms with van der Waals surface area (Å²) in [4.78, 5) is 0. The Morgan fingerprint density at radius 3 is 2.26 bits per heavy atom. The van der Waals surface area contributed by atoms with Crippen LogP contribution in [0.5, 0.6) is 5.75 Å². The molecule has 126 valence electrons. The Morgan fingerprint density at radius 2 is 1.65 bits per heavy atom. The van der Waals surface area contributed by atoms with E-state index in [1.165, 1.54) is 0 Å². The van der Waals surface area contributed by atoms with Crippen LogP contribution in [-0.2, 0) is 13.6 Å². The second kappa shape index (κ2) is 7.93. The van der Waals surface area contributed by atoms with E-state index >= 15 is 0 Å². The van der Waals surface area contributed by atoms with Crippen molar-refractivity contribution in [2.24, 2.45) is 5.73 Å². The molecule has 23 heavy (non-hydrogen) atoms. The van der Waals surface area contributed by atoms with E-state index in [4.69, 9.17) is 19.5 Å². The zero-order valence-electron chi connectivity index (χ0n) is 13.8. The highest BCUT2D eigenvalue weighted by Crippen LogP contribution is 2.60. The van der Waals surface area contributed by atoms with Gasteiger partial charge < -0.3 is 19.5 Å². The molecular formula is C17H24NO4P. The molecule has 0 heterocycles. The molecule has 2 rings (SSSR count). The van der Waals surface area contributed by atoms with Crippen molar-refractivity contribution in [2.45, 2.75) is 26.6 Å². The van der Waals surface area contributed by atoms with Crippen molar-refractivity contribution in [2.75, 3.05) is 19.8 Å². The van der Waals surface area contributed by atoms with Gasteiger partial charge in [0.1, 0.15) is 11.5 Å². The first kappa shape index (κ1) is 18.0. The Hall–Kier alpha value is -1.39. The molecule has 0 radical (unpaired) electrons. The third kappa shape index (κ3) is 3.75. The second-order valence-electron chi connectivity index (χ2n) is 4.95. The highest BCUT2D eigenvalue weighted by atomic mass is 31.2. The molecule has 0 aliphatic carbocycles. The molecule has 0 saturated carbocycles. The van der Waals surface area contributed by atoms with Gasteiger partial charge in [-0.2, -0.15) is 0 Å². The van der Waals surface area contributed by atoms with Crippen LogP contribution in [0.3, 0.4) is 0 Å². The molecule has 0 saturated heterocycles. The van der Waals surface area contributed by atoms with Crippen LogP contribution in [0, 0.1) is 0 Å². The van der Waals surface area contributed by atoms with Gasteiger partial charge in [0.2, 0.25) is 0 Å². The Kier molecular flexibility index (Phi) is 6.19. The van der Waals surface area contributed by atoms with Gasteiger partial charge in [0.05, 0.1) is 19.8 Å². The van der Waals surface area contributed by atoms with E-state index in [0.29, 0.717) is 17.9 Å². The van der Waals surface area contributed by atoms with E-state index in [2.05, 4.69) is 0 Å². The molecule has 0 aliphatic rings. The highest BCUT2D eigenvalue weighted by Gasteiger charge is 2.36. The molecule has 2 aromatic rings. The first-order valence-electron chi connectivity index (χ1n) is 7.86. The molecule has 1 atom stereocenters. The molecule has 5 nitrogen and oxygen atoms in total. The summed E-state index contributed by atoms with van der Waals surface area (Å²) in [5.74, 6) is -0.298. The van der Waals surface area contributed by atoms with Crippen molar-refractivity contribution in [1.82, 2.24) is 0 Å². The number of nitrogens with two attached hydrogens (primary N) is 1. The van der Waals surface area contributed by atoms with Crippen LogP contribution in [0.2, 0.25) is 0 Å². The Labute approximate surface area is 137 Å². The molecule has 0 spiro atoms. The maximum atomic E-state index is 13.1. The van der Waals surface area contributed by atoms with Crippen LogP contribution in [0.15, 0.2) is 36.4 Å². The predicted molar refractivity (Wildman–Crippen MR) is 92.9 cm³/mol. The zero-order chi connectivity index (χ0) is 16.9. The summed E-state index contributed by atoms with van der Waals surface area (Å²) in [5.41, 5.74) is 7.01. The predicted octanol–water partition coefficient (Wildman–Crippen LogP) is 4.46. The van der Waals surface area contributed by atoms with Crippen LogP contribution >= 0.6 is 7.60 Å². The van der Waals surface area contributed by atoms with E-state index in [9.17, 15) is 4.57 Å². The number of hydrogen-bond donors (Lipinski definition) is 1. The summed E-state index contributed by atoms with van der Waals surface area (Å²) in [5, 5.41) is 1.89. The minimum Gasteiger partial charge on any atom is -0.493 e. The number of rotatable bonds is 8. The summed E-state index contributed by atoms with van der Waals surface area (Å²) in [6.07, 6.45) is 0. The topological polar surface area (TPSA) is 70.8 Å². The summed E-state index contributed by atoms with van der Waals surface area (Å²) >= 11 is 0. The first-order chi connectivity index (χ1) is 11.1. The Bertz CT molecular complexity index is 694. The SMILES string of the molecule is CCOc1ccc2ccccc2c1[C@@H](N)P(=O)(OCC)OCC. The van der Waals surface area contributed by atoms with E-state index in [0.717, 1.165) is 10.8 Å². The van der Waals surface area contributed by atoms with Crippen molar-refractivity contribution >= 4 is 18.4 Å². The fourth-order valence-corrected chi connectivity index (χ4v) is 4.28. The van der Waals surface area contributed by atoms with Crippen LogP contribution in [0.4, 0.5) is 0 Å². The van der Waals surface area contributed by atoms with E-state index in [-0.39, 0.29) is 13.2 Å². The maximum absolute atomic E-state index is 13.1. The van der Waals surface area contributed by atoms with Gasteiger partial charge in [0.25, 0.3) is 0 Å². The fourth-order valence-electron chi connectivity index (χ4n) is 2.58. The zero-order valence-corrected chi connectivity index (χ0v) is 14.7. The third-order valence-corrected chi connectivity index (χ3v) is 5.66. The van der Waals surface area contributed by atoms with Gasteiger partial charge in [-0.3, -0.25) is 4.57 Å². The van der Waals surface area contributed by atoms with Crippen molar-refractivity contribution in [3.8, 4) is 5.75 Å². The van der Waals surface area contributed by atoms with Crippen molar-refractivity contribution < 1.29 is 18.3 Å². The van der Waals surface area contributed by atoms with E-state index < -0.39 is 13.4 Å². The smallest absolute Gasteiger partial charge is 0.351 e. The molecule has 0 fully saturated rings. The molecule has 0 aromatic heterocycles. The van der Waals surface area contributed by atoms with Crippen LogP contribution in [-0.4, -0.2) is 19.8 Å². The molecule has 0 amide bonds. The van der Waals surface area contributed by atoms with Crippen LogP contribution < -0.4 is 10.5 Å². The molecule has 0 aliphatic heterocycles. The van der Waals surface area contributed by atoms with Gasteiger partial charge in [0, 0.05) is 5.56 Å². The lowest BCUT2D eigenvalue weighted by atomic mass is 10.0. The minimum absolute atomic E-state index is 0.264. The highest BCUT2D eigenvalue weighted by molar-refractivity contribution is 7.54. The maximum Gasteiger partial charge on any atom is 0.351 e. The largest absolute Gasteiger partial charge is 0.493 e. The van der Waals surface area contributed by atoms with Crippen molar-refractivity contribution in [3.05, 3.63) is 42.0 Å². The summed E-state index contributed by atoms with van der Waals surface area (Å²) in [7, 11) is -3.49. The van der Waals surface area contributed by atoms with Gasteiger partial charge in [-0.1, -0.05) is 30.3 Å². The van der Waals surface area contributed by atoms with Gasteiger partial charge in [-0.25, -0.2) is 0 Å². The summed E-state index contributed by atoms with van der Waals surface area (Å²) < 4.78 is 29.6. The lowest BCUT2D eigenvalue weighted by molar-refractivity contribution is 0.211. The van der Waals surface area contributed by atoms with Crippen LogP contribution in [0.25, 0.3) is 10.8 Å². The molecule has 2 aromatic carbocycles. The quantitative estimate of drug-likeness (QED) is 0.720.